The Labute approximate surface area is 142 Å². The summed E-state index contributed by atoms with van der Waals surface area (Å²) in [6, 6.07) is 0. The molecule has 1 heterocycles. The van der Waals surface area contributed by atoms with Crippen LogP contribution >= 0.6 is 0 Å². The van der Waals surface area contributed by atoms with Gasteiger partial charge in [0.1, 0.15) is 11.8 Å². The number of hydrogen-bond donors (Lipinski definition) is 0. The maximum atomic E-state index is 12.6. The van der Waals surface area contributed by atoms with Crippen LogP contribution in [0.15, 0.2) is 0 Å². The summed E-state index contributed by atoms with van der Waals surface area (Å²) in [4.78, 5) is 23.7. The second-order valence-corrected chi connectivity index (χ2v) is 10.2. The molecule has 1 rings (SSSR count). The van der Waals surface area contributed by atoms with Crippen LogP contribution in [0.2, 0.25) is 13.1 Å². The molecule has 1 aliphatic heterocycles. The summed E-state index contributed by atoms with van der Waals surface area (Å²) in [7, 11) is -1.33. The van der Waals surface area contributed by atoms with E-state index in [9.17, 15) is 9.59 Å². The summed E-state index contributed by atoms with van der Waals surface area (Å²) in [5.74, 6) is -0.299. The van der Waals surface area contributed by atoms with E-state index in [4.69, 9.17) is 9.26 Å². The lowest BCUT2D eigenvalue weighted by molar-refractivity contribution is -0.182. The van der Waals surface area contributed by atoms with Gasteiger partial charge in [-0.1, -0.05) is 20.8 Å². The zero-order valence-corrected chi connectivity index (χ0v) is 16.5. The molecule has 0 spiro atoms. The van der Waals surface area contributed by atoms with Gasteiger partial charge in [-0.05, 0) is 50.6 Å². The number of nitrogens with zero attached hydrogens (tertiary/aromatic N) is 1. The van der Waals surface area contributed by atoms with Gasteiger partial charge in [0.05, 0.1) is 6.61 Å². The molecule has 0 saturated carbocycles. The molecule has 0 aliphatic carbocycles. The Morgan fingerprint density at radius 1 is 1.30 bits per heavy atom. The average molecular weight is 344 g/mol. The molecule has 1 fully saturated rings. The van der Waals surface area contributed by atoms with Crippen LogP contribution in [0.3, 0.4) is 0 Å². The predicted octanol–water partition coefficient (Wildman–Crippen LogP) is 3.08. The van der Waals surface area contributed by atoms with Crippen molar-refractivity contribution in [1.82, 2.24) is 5.06 Å². The minimum atomic E-state index is -1.33. The Hall–Kier alpha value is -0.723. The first-order valence-electron chi connectivity index (χ1n) is 8.76. The van der Waals surface area contributed by atoms with Crippen LogP contribution in [0.25, 0.3) is 0 Å². The van der Waals surface area contributed by atoms with Crippen molar-refractivity contribution in [2.24, 2.45) is 5.41 Å². The number of hydrogen-bond acceptors (Lipinski definition) is 5. The third-order valence-electron chi connectivity index (χ3n) is 4.12. The van der Waals surface area contributed by atoms with E-state index in [2.05, 4.69) is 33.9 Å². The number of aldehydes is 1. The van der Waals surface area contributed by atoms with E-state index in [1.807, 2.05) is 0 Å². The fourth-order valence-electron chi connectivity index (χ4n) is 2.95. The fraction of sp³-hybridized carbons (Fsp3) is 0.882. The fourth-order valence-corrected chi connectivity index (χ4v) is 3.76. The minimum Gasteiger partial charge on any atom is -0.464 e. The summed E-state index contributed by atoms with van der Waals surface area (Å²) in [6.07, 6.45) is 5.45. The van der Waals surface area contributed by atoms with Crippen LogP contribution in [0.1, 0.15) is 59.3 Å². The number of unbranched alkanes of at least 4 members (excludes halogenated alkanes) is 1. The van der Waals surface area contributed by atoms with Crippen LogP contribution < -0.4 is 0 Å². The normalized spacial score (nSPS) is 22.5. The molecule has 0 amide bonds. The lowest BCUT2D eigenvalue weighted by atomic mass is 9.90. The van der Waals surface area contributed by atoms with Gasteiger partial charge in [-0.2, -0.15) is 5.06 Å². The van der Waals surface area contributed by atoms with Crippen LogP contribution in [0.5, 0.6) is 0 Å². The lowest BCUT2D eigenvalue weighted by Crippen LogP contribution is -2.53. The SMILES string of the molecule is C[SiH](C)ON1CCCC1(CC=O)C(=O)OCCCCC(C)(C)C. The summed E-state index contributed by atoms with van der Waals surface area (Å²) < 4.78 is 11.4. The molecule has 1 saturated heterocycles. The smallest absolute Gasteiger partial charge is 0.329 e. The van der Waals surface area contributed by atoms with E-state index >= 15 is 0 Å². The van der Waals surface area contributed by atoms with E-state index in [0.717, 1.165) is 32.0 Å². The first-order chi connectivity index (χ1) is 10.7. The van der Waals surface area contributed by atoms with Crippen molar-refractivity contribution in [3.05, 3.63) is 0 Å². The highest BCUT2D eigenvalue weighted by molar-refractivity contribution is 6.48. The van der Waals surface area contributed by atoms with E-state index in [0.29, 0.717) is 25.0 Å². The van der Waals surface area contributed by atoms with Crippen molar-refractivity contribution in [3.63, 3.8) is 0 Å². The standard InChI is InChI=1S/C17H33NO4Si/c1-16(2,3)9-6-7-14-21-15(20)17(11-13-19)10-8-12-18(17)22-23(4)5/h13,23H,6-12,14H2,1-5H3. The second-order valence-electron chi connectivity index (χ2n) is 7.92. The van der Waals surface area contributed by atoms with Crippen molar-refractivity contribution >= 4 is 21.3 Å². The van der Waals surface area contributed by atoms with Gasteiger partial charge in [-0.3, -0.25) is 0 Å². The summed E-state index contributed by atoms with van der Waals surface area (Å²) in [5.41, 5.74) is -0.593. The predicted molar refractivity (Wildman–Crippen MR) is 93.6 cm³/mol. The van der Waals surface area contributed by atoms with Gasteiger partial charge in [-0.15, -0.1) is 0 Å². The molecular formula is C17H33NO4Si. The van der Waals surface area contributed by atoms with Gasteiger partial charge in [-0.25, -0.2) is 4.79 Å². The van der Waals surface area contributed by atoms with E-state index < -0.39 is 14.6 Å². The van der Waals surface area contributed by atoms with Crippen molar-refractivity contribution in [1.29, 1.82) is 0 Å². The largest absolute Gasteiger partial charge is 0.464 e. The van der Waals surface area contributed by atoms with E-state index in [1.54, 1.807) is 5.06 Å². The van der Waals surface area contributed by atoms with Gasteiger partial charge in [0.2, 0.25) is 0 Å². The van der Waals surface area contributed by atoms with E-state index in [1.165, 1.54) is 0 Å². The third-order valence-corrected chi connectivity index (χ3v) is 4.80. The molecule has 1 atom stereocenters. The Kier molecular flexibility index (Phi) is 7.90. The molecule has 0 N–H and O–H groups in total. The van der Waals surface area contributed by atoms with Gasteiger partial charge in [0.15, 0.2) is 9.04 Å². The summed E-state index contributed by atoms with van der Waals surface area (Å²) in [5, 5.41) is 1.73. The zero-order chi connectivity index (χ0) is 17.5. The van der Waals surface area contributed by atoms with Crippen molar-refractivity contribution < 1.29 is 18.9 Å². The molecule has 0 aromatic heterocycles. The molecule has 134 valence electrons. The first kappa shape index (κ1) is 20.3. The molecular weight excluding hydrogens is 310 g/mol. The lowest BCUT2D eigenvalue weighted by Gasteiger charge is -2.35. The molecule has 0 bridgehead atoms. The van der Waals surface area contributed by atoms with Gasteiger partial charge >= 0.3 is 5.97 Å². The Bertz CT molecular complexity index is 395. The number of rotatable bonds is 9. The number of carbonyl (C=O) groups is 2. The highest BCUT2D eigenvalue weighted by Crippen LogP contribution is 2.34. The molecule has 5 nitrogen and oxygen atoms in total. The van der Waals surface area contributed by atoms with Gasteiger partial charge in [0, 0.05) is 13.0 Å². The quantitative estimate of drug-likeness (QED) is 0.279. The molecule has 23 heavy (non-hydrogen) atoms. The number of hydroxylamine groups is 2. The van der Waals surface area contributed by atoms with E-state index in [-0.39, 0.29) is 12.4 Å². The first-order valence-corrected chi connectivity index (χ1v) is 11.5. The number of carbonyl (C=O) groups excluding carboxylic acids is 2. The Balaban J connectivity index is 2.55. The molecule has 1 unspecified atom stereocenters. The monoisotopic (exact) mass is 343 g/mol. The van der Waals surface area contributed by atoms with Crippen molar-refractivity contribution in [2.75, 3.05) is 13.2 Å². The van der Waals surface area contributed by atoms with Crippen LogP contribution in [0.4, 0.5) is 0 Å². The number of ether oxygens (including phenoxy) is 1. The van der Waals surface area contributed by atoms with Crippen LogP contribution in [-0.2, 0) is 18.9 Å². The molecule has 6 heteroatoms. The third kappa shape index (κ3) is 6.35. The number of esters is 1. The topological polar surface area (TPSA) is 55.8 Å². The average Bonchev–Trinajstić information content (AvgIpc) is 2.80. The van der Waals surface area contributed by atoms with Gasteiger partial charge in [0.25, 0.3) is 0 Å². The molecule has 0 aromatic carbocycles. The van der Waals surface area contributed by atoms with Crippen molar-refractivity contribution in [2.45, 2.75) is 77.9 Å². The Morgan fingerprint density at radius 2 is 2.00 bits per heavy atom. The van der Waals surface area contributed by atoms with Crippen LogP contribution in [0, 0.1) is 5.41 Å². The van der Waals surface area contributed by atoms with Crippen LogP contribution in [-0.4, -0.2) is 45.0 Å². The molecule has 1 aliphatic rings. The second kappa shape index (κ2) is 8.94. The summed E-state index contributed by atoms with van der Waals surface area (Å²) in [6.45, 7) is 11.9. The van der Waals surface area contributed by atoms with Gasteiger partial charge < -0.3 is 14.1 Å². The highest BCUT2D eigenvalue weighted by Gasteiger charge is 2.49. The molecule has 0 radical (unpaired) electrons. The maximum absolute atomic E-state index is 12.6. The highest BCUT2D eigenvalue weighted by atomic mass is 28.3. The maximum Gasteiger partial charge on any atom is 0.329 e. The molecule has 0 aromatic rings. The summed E-state index contributed by atoms with van der Waals surface area (Å²) >= 11 is 0. The Morgan fingerprint density at radius 3 is 2.57 bits per heavy atom. The minimum absolute atomic E-state index is 0.148. The van der Waals surface area contributed by atoms with Crippen molar-refractivity contribution in [3.8, 4) is 0 Å². The zero-order valence-electron chi connectivity index (χ0n) is 15.4.